The van der Waals surface area contributed by atoms with Gasteiger partial charge in [0.25, 0.3) is 7.82 Å². The first-order valence-electron chi connectivity index (χ1n) is 42.3. The molecule has 0 radical (unpaired) electrons. The number of ether oxygens (including phenoxy) is 2. The van der Waals surface area contributed by atoms with Crippen LogP contribution in [0.3, 0.4) is 0 Å². The third-order valence-corrected chi connectivity index (χ3v) is 20.3. The van der Waals surface area contributed by atoms with Crippen LogP contribution in [0.15, 0.2) is 48.6 Å². The predicted molar refractivity (Wildman–Crippen MR) is 416 cm³/mol. The molecule has 0 N–H and O–H groups in total. The fourth-order valence-electron chi connectivity index (χ4n) is 13.0. The fourth-order valence-corrected chi connectivity index (χ4v) is 13.7. The average molecular weight is 1370 g/mol. The number of esters is 2. The number of likely N-dealkylation sites (N-methyl/N-ethyl adjacent to an activating group) is 1. The first kappa shape index (κ1) is 94.0. The standard InChI is InChI=1S/C86H164NO8P/c1-6-8-10-12-14-16-18-20-22-24-26-28-30-32-34-36-38-40-42-43-45-47-49-51-53-55-57-59-61-63-65-67-69-71-73-75-77-79-86(89)95-84(83-94-96(90,91)93-81-80-87(3,4)5)82-92-85(88)78-76-74-72-70-68-66-64-62-60-58-56-54-52-50-48-46-44-41-39-37-35-33-31-29-27-25-23-21-19-17-15-13-11-9-7-2/h8,10,14,16,20,22,26,28,84H,6-7,9,11-13,15,17-19,21,23-25,27,29-83H2,1-5H3/b10-8-,16-14-,22-20-,28-26-. The topological polar surface area (TPSA) is 111 Å². The Balaban J connectivity index is 3.87. The van der Waals surface area contributed by atoms with Crippen molar-refractivity contribution in [3.8, 4) is 0 Å². The third-order valence-electron chi connectivity index (χ3n) is 19.4. The van der Waals surface area contributed by atoms with Gasteiger partial charge in [0, 0.05) is 12.8 Å². The number of quaternary nitrogens is 1. The molecule has 2 atom stereocenters. The number of phosphoric acid groups is 1. The minimum Gasteiger partial charge on any atom is -0.756 e. The quantitative estimate of drug-likeness (QED) is 0.0195. The van der Waals surface area contributed by atoms with E-state index >= 15 is 0 Å². The van der Waals surface area contributed by atoms with Crippen molar-refractivity contribution in [2.45, 2.75) is 444 Å². The van der Waals surface area contributed by atoms with Crippen LogP contribution in [0.5, 0.6) is 0 Å². The molecule has 0 saturated heterocycles. The molecule has 96 heavy (non-hydrogen) atoms. The van der Waals surface area contributed by atoms with E-state index < -0.39 is 26.5 Å². The summed E-state index contributed by atoms with van der Waals surface area (Å²) < 4.78 is 34.5. The minimum absolute atomic E-state index is 0.0271. The van der Waals surface area contributed by atoms with Crippen molar-refractivity contribution in [3.05, 3.63) is 48.6 Å². The monoisotopic (exact) mass is 1370 g/mol. The highest BCUT2D eigenvalue weighted by molar-refractivity contribution is 7.45. The lowest BCUT2D eigenvalue weighted by molar-refractivity contribution is -0.870. The number of hydrogen-bond acceptors (Lipinski definition) is 8. The SMILES string of the molecule is CC/C=C\C/C=C\C/C=C\C/C=C\CCCCCCCCCCCCCCCCCCCCCCCCCCC(=O)OC(COC(=O)CCCCCCCCCCCCCCCCCCCCCCCCCCCCCCCCCCCCC)COP(=O)([O-])OCC[N+](C)(C)C. The average Bonchev–Trinajstić information content (AvgIpc) is 2.72. The zero-order valence-corrected chi connectivity index (χ0v) is 65.7. The van der Waals surface area contributed by atoms with Crippen LogP contribution in [0.1, 0.15) is 438 Å². The van der Waals surface area contributed by atoms with Crippen molar-refractivity contribution in [3.63, 3.8) is 0 Å². The molecule has 0 spiro atoms. The second-order valence-corrected chi connectivity index (χ2v) is 31.6. The van der Waals surface area contributed by atoms with E-state index in [0.717, 1.165) is 57.8 Å². The van der Waals surface area contributed by atoms with Gasteiger partial charge in [-0.05, 0) is 51.4 Å². The molecule has 566 valence electrons. The molecule has 10 heteroatoms. The highest BCUT2D eigenvalue weighted by Crippen LogP contribution is 2.38. The lowest BCUT2D eigenvalue weighted by atomic mass is 10.0. The van der Waals surface area contributed by atoms with Crippen LogP contribution in [0.4, 0.5) is 0 Å². The van der Waals surface area contributed by atoms with E-state index in [4.69, 9.17) is 18.5 Å². The number of hydrogen-bond donors (Lipinski definition) is 0. The van der Waals surface area contributed by atoms with E-state index in [9.17, 15) is 19.0 Å². The maximum Gasteiger partial charge on any atom is 0.306 e. The zero-order chi connectivity index (χ0) is 69.7. The zero-order valence-electron chi connectivity index (χ0n) is 64.9. The summed E-state index contributed by atoms with van der Waals surface area (Å²) in [6.45, 7) is 4.22. The Hall–Kier alpha value is -2.03. The summed E-state index contributed by atoms with van der Waals surface area (Å²) >= 11 is 0. The van der Waals surface area contributed by atoms with Crippen LogP contribution in [0.25, 0.3) is 0 Å². The highest BCUT2D eigenvalue weighted by atomic mass is 31.2. The van der Waals surface area contributed by atoms with Crippen LogP contribution in [-0.4, -0.2) is 70.0 Å². The van der Waals surface area contributed by atoms with Crippen LogP contribution >= 0.6 is 7.82 Å². The van der Waals surface area contributed by atoms with Crippen molar-refractivity contribution in [1.82, 2.24) is 0 Å². The Labute approximate surface area is 598 Å². The van der Waals surface area contributed by atoms with Gasteiger partial charge in [-0.15, -0.1) is 0 Å². The van der Waals surface area contributed by atoms with Gasteiger partial charge in [-0.3, -0.25) is 14.2 Å². The maximum absolute atomic E-state index is 12.9. The predicted octanol–water partition coefficient (Wildman–Crippen LogP) is 27.7. The molecule has 0 aromatic carbocycles. The largest absolute Gasteiger partial charge is 0.756 e. The number of carbonyl (C=O) groups is 2. The smallest absolute Gasteiger partial charge is 0.306 e. The van der Waals surface area contributed by atoms with Crippen molar-refractivity contribution < 1.29 is 42.1 Å². The van der Waals surface area contributed by atoms with Gasteiger partial charge in [0.15, 0.2) is 6.10 Å². The Morgan fingerprint density at radius 2 is 0.594 bits per heavy atom. The summed E-state index contributed by atoms with van der Waals surface area (Å²) in [7, 11) is 1.19. The van der Waals surface area contributed by atoms with Gasteiger partial charge in [-0.1, -0.05) is 422 Å². The molecule has 0 bridgehead atoms. The minimum atomic E-state index is -4.64. The van der Waals surface area contributed by atoms with Crippen LogP contribution in [0.2, 0.25) is 0 Å². The number of allylic oxidation sites excluding steroid dienone is 8. The van der Waals surface area contributed by atoms with Gasteiger partial charge in [-0.2, -0.15) is 0 Å². The van der Waals surface area contributed by atoms with E-state index in [1.165, 1.54) is 347 Å². The Kier molecular flexibility index (Phi) is 75.5. The molecular weight excluding hydrogens is 1210 g/mol. The number of unbranched alkanes of at least 4 members (excludes halogenated alkanes) is 58. The molecule has 0 aliphatic heterocycles. The van der Waals surface area contributed by atoms with Crippen LogP contribution in [0, 0.1) is 0 Å². The van der Waals surface area contributed by atoms with Crippen LogP contribution < -0.4 is 4.89 Å². The van der Waals surface area contributed by atoms with Gasteiger partial charge in [-0.25, -0.2) is 0 Å². The lowest BCUT2D eigenvalue weighted by Gasteiger charge is -2.28. The van der Waals surface area contributed by atoms with Gasteiger partial charge < -0.3 is 27.9 Å². The molecule has 0 saturated carbocycles. The highest BCUT2D eigenvalue weighted by Gasteiger charge is 2.22. The molecule has 9 nitrogen and oxygen atoms in total. The van der Waals surface area contributed by atoms with E-state index in [-0.39, 0.29) is 32.0 Å². The van der Waals surface area contributed by atoms with Crippen LogP contribution in [-0.2, 0) is 32.7 Å². The first-order chi connectivity index (χ1) is 47.0. The van der Waals surface area contributed by atoms with E-state index in [0.29, 0.717) is 17.4 Å². The Morgan fingerprint density at radius 3 is 0.885 bits per heavy atom. The molecule has 0 aliphatic carbocycles. The number of phosphoric ester groups is 1. The van der Waals surface area contributed by atoms with Crippen molar-refractivity contribution in [2.24, 2.45) is 0 Å². The van der Waals surface area contributed by atoms with Gasteiger partial charge in [0.05, 0.1) is 27.7 Å². The fraction of sp³-hybridized carbons (Fsp3) is 0.884. The second kappa shape index (κ2) is 77.1. The first-order valence-corrected chi connectivity index (χ1v) is 43.8. The lowest BCUT2D eigenvalue weighted by Crippen LogP contribution is -2.37. The second-order valence-electron chi connectivity index (χ2n) is 30.2. The van der Waals surface area contributed by atoms with Crippen molar-refractivity contribution in [1.29, 1.82) is 0 Å². The molecule has 0 aromatic rings. The number of nitrogens with zero attached hydrogens (tertiary/aromatic N) is 1. The summed E-state index contributed by atoms with van der Waals surface area (Å²) in [4.78, 5) is 38.2. The van der Waals surface area contributed by atoms with Gasteiger partial charge >= 0.3 is 11.9 Å². The van der Waals surface area contributed by atoms with Gasteiger partial charge in [0.2, 0.25) is 0 Å². The third kappa shape index (κ3) is 80.9. The Morgan fingerprint density at radius 1 is 0.333 bits per heavy atom. The van der Waals surface area contributed by atoms with Crippen molar-refractivity contribution >= 4 is 19.8 Å². The molecule has 0 aromatic heterocycles. The molecule has 0 rings (SSSR count). The summed E-state index contributed by atoms with van der Waals surface area (Å²) in [5.41, 5.74) is 0. The van der Waals surface area contributed by atoms with E-state index in [1.807, 2.05) is 21.1 Å². The maximum atomic E-state index is 12.9. The summed E-state index contributed by atoms with van der Waals surface area (Å²) in [5.74, 6) is -0.805. The molecule has 0 heterocycles. The van der Waals surface area contributed by atoms with E-state index in [1.54, 1.807) is 0 Å². The van der Waals surface area contributed by atoms with Crippen molar-refractivity contribution in [2.75, 3.05) is 47.5 Å². The molecule has 2 unspecified atom stereocenters. The molecular formula is C86H164NO8P. The summed E-state index contributed by atoms with van der Waals surface area (Å²) in [5, 5.41) is 0. The molecule has 0 amide bonds. The summed E-state index contributed by atoms with van der Waals surface area (Å²) in [6, 6.07) is 0. The normalized spacial score (nSPS) is 13.2. The number of rotatable bonds is 80. The van der Waals surface area contributed by atoms with E-state index in [2.05, 4.69) is 62.5 Å². The Bertz CT molecular complexity index is 1760. The number of carbonyl (C=O) groups excluding carboxylic acids is 2. The van der Waals surface area contributed by atoms with Gasteiger partial charge in [0.1, 0.15) is 19.8 Å². The molecule has 0 fully saturated rings. The summed E-state index contributed by atoms with van der Waals surface area (Å²) in [6.07, 6.45) is 103. The molecule has 0 aliphatic rings.